The smallest absolute Gasteiger partial charge is 0.222 e. The van der Waals surface area contributed by atoms with Gasteiger partial charge in [-0.3, -0.25) is 4.68 Å². The monoisotopic (exact) mass is 225 g/mol. The molecular formula is C10H9ClFN3. The minimum absolute atomic E-state index is 0.366. The van der Waals surface area contributed by atoms with Crippen molar-refractivity contribution >= 4 is 11.6 Å². The molecule has 0 saturated carbocycles. The third kappa shape index (κ3) is 1.61. The van der Waals surface area contributed by atoms with Gasteiger partial charge in [0.2, 0.25) is 5.95 Å². The van der Waals surface area contributed by atoms with Crippen LogP contribution in [0.25, 0.3) is 11.3 Å². The Morgan fingerprint density at radius 2 is 2.20 bits per heavy atom. The fourth-order valence-electron chi connectivity index (χ4n) is 1.49. The molecule has 0 unspecified atom stereocenters. The molecule has 0 aromatic carbocycles. The van der Waals surface area contributed by atoms with Crippen LogP contribution < -0.4 is 0 Å². The number of aromatic nitrogens is 3. The largest absolute Gasteiger partial charge is 0.266 e. The van der Waals surface area contributed by atoms with Crippen LogP contribution in [0, 0.1) is 12.9 Å². The molecule has 5 heteroatoms. The quantitative estimate of drug-likeness (QED) is 0.699. The predicted molar refractivity (Wildman–Crippen MR) is 56.1 cm³/mol. The van der Waals surface area contributed by atoms with Gasteiger partial charge in [0.25, 0.3) is 0 Å². The minimum Gasteiger partial charge on any atom is -0.266 e. The van der Waals surface area contributed by atoms with Crippen LogP contribution in [0.1, 0.15) is 5.69 Å². The zero-order valence-electron chi connectivity index (χ0n) is 8.33. The Kier molecular flexibility index (Phi) is 2.44. The zero-order valence-corrected chi connectivity index (χ0v) is 9.09. The normalized spacial score (nSPS) is 10.7. The molecule has 0 bridgehead atoms. The van der Waals surface area contributed by atoms with Crippen molar-refractivity contribution < 1.29 is 4.39 Å². The maximum absolute atomic E-state index is 13.4. The molecule has 0 atom stereocenters. The second kappa shape index (κ2) is 3.62. The van der Waals surface area contributed by atoms with Gasteiger partial charge in [0, 0.05) is 13.2 Å². The molecule has 2 aromatic heterocycles. The fraction of sp³-hybridized carbons (Fsp3) is 0.200. The molecule has 0 amide bonds. The average Bonchev–Trinajstić information content (AvgIpc) is 2.43. The maximum atomic E-state index is 13.4. The van der Waals surface area contributed by atoms with E-state index in [1.807, 2.05) is 0 Å². The summed E-state index contributed by atoms with van der Waals surface area (Å²) in [4.78, 5) is 3.58. The molecule has 15 heavy (non-hydrogen) atoms. The third-order valence-electron chi connectivity index (χ3n) is 2.16. The molecule has 0 spiro atoms. The van der Waals surface area contributed by atoms with E-state index >= 15 is 0 Å². The van der Waals surface area contributed by atoms with Crippen molar-refractivity contribution in [3.8, 4) is 11.3 Å². The second-order valence-corrected chi connectivity index (χ2v) is 3.59. The highest BCUT2D eigenvalue weighted by atomic mass is 35.5. The highest BCUT2D eigenvalue weighted by Crippen LogP contribution is 2.30. The van der Waals surface area contributed by atoms with Crippen LogP contribution in [-0.4, -0.2) is 14.8 Å². The number of hydrogen-bond donors (Lipinski definition) is 0. The molecule has 2 aromatic rings. The number of aryl methyl sites for hydroxylation is 2. The van der Waals surface area contributed by atoms with Crippen LogP contribution in [0.4, 0.5) is 4.39 Å². The Morgan fingerprint density at radius 1 is 1.47 bits per heavy atom. The van der Waals surface area contributed by atoms with Crippen molar-refractivity contribution in [3.05, 3.63) is 35.0 Å². The first-order chi connectivity index (χ1) is 7.11. The van der Waals surface area contributed by atoms with Crippen molar-refractivity contribution in [1.29, 1.82) is 0 Å². The predicted octanol–water partition coefficient (Wildman–Crippen LogP) is 2.58. The van der Waals surface area contributed by atoms with Crippen LogP contribution >= 0.6 is 11.6 Å². The third-order valence-corrected chi connectivity index (χ3v) is 2.62. The van der Waals surface area contributed by atoms with Gasteiger partial charge in [0.1, 0.15) is 0 Å². The summed E-state index contributed by atoms with van der Waals surface area (Å²) in [6, 6.07) is 3.29. The van der Waals surface area contributed by atoms with Gasteiger partial charge in [-0.1, -0.05) is 11.6 Å². The van der Waals surface area contributed by atoms with Gasteiger partial charge in [-0.25, -0.2) is 4.98 Å². The molecule has 0 saturated heterocycles. The van der Waals surface area contributed by atoms with Crippen molar-refractivity contribution in [1.82, 2.24) is 14.8 Å². The molecule has 0 aliphatic carbocycles. The van der Waals surface area contributed by atoms with Crippen LogP contribution in [0.3, 0.4) is 0 Å². The molecule has 2 heterocycles. The lowest BCUT2D eigenvalue weighted by molar-refractivity contribution is 0.585. The summed E-state index contributed by atoms with van der Waals surface area (Å²) in [5.41, 5.74) is 1.60. The van der Waals surface area contributed by atoms with Crippen LogP contribution in [0.15, 0.2) is 18.3 Å². The molecule has 0 fully saturated rings. The van der Waals surface area contributed by atoms with Crippen molar-refractivity contribution in [2.75, 3.05) is 0 Å². The SMILES string of the molecule is Cc1nn(C)c(-c2cccnc2F)c1Cl. The minimum atomic E-state index is -0.539. The molecule has 78 valence electrons. The molecular weight excluding hydrogens is 217 g/mol. The summed E-state index contributed by atoms with van der Waals surface area (Å²) in [5, 5.41) is 4.58. The number of hydrogen-bond acceptors (Lipinski definition) is 2. The lowest BCUT2D eigenvalue weighted by Gasteiger charge is -2.02. The van der Waals surface area contributed by atoms with E-state index in [0.717, 1.165) is 0 Å². The Morgan fingerprint density at radius 3 is 2.73 bits per heavy atom. The summed E-state index contributed by atoms with van der Waals surface area (Å²) >= 11 is 6.04. The Balaban J connectivity index is 2.69. The van der Waals surface area contributed by atoms with E-state index in [9.17, 15) is 4.39 Å². The lowest BCUT2D eigenvalue weighted by atomic mass is 10.2. The van der Waals surface area contributed by atoms with Crippen molar-refractivity contribution in [2.45, 2.75) is 6.92 Å². The van der Waals surface area contributed by atoms with E-state index in [-0.39, 0.29) is 0 Å². The Hall–Kier alpha value is -1.42. The summed E-state index contributed by atoms with van der Waals surface area (Å²) in [7, 11) is 1.72. The van der Waals surface area contributed by atoms with E-state index in [1.165, 1.54) is 6.20 Å². The zero-order chi connectivity index (χ0) is 11.0. The van der Waals surface area contributed by atoms with Gasteiger partial charge in [-0.05, 0) is 19.1 Å². The van der Waals surface area contributed by atoms with E-state index in [2.05, 4.69) is 10.1 Å². The average molecular weight is 226 g/mol. The molecule has 0 aliphatic rings. The Bertz CT molecular complexity index is 507. The van der Waals surface area contributed by atoms with Gasteiger partial charge in [0.05, 0.1) is 22.0 Å². The van der Waals surface area contributed by atoms with Crippen molar-refractivity contribution in [2.24, 2.45) is 7.05 Å². The van der Waals surface area contributed by atoms with Gasteiger partial charge in [-0.2, -0.15) is 9.49 Å². The summed E-state index contributed by atoms with van der Waals surface area (Å²) in [6.45, 7) is 1.78. The van der Waals surface area contributed by atoms with Crippen LogP contribution in [-0.2, 0) is 7.05 Å². The molecule has 0 radical (unpaired) electrons. The van der Waals surface area contributed by atoms with Crippen LogP contribution in [0.2, 0.25) is 5.02 Å². The number of rotatable bonds is 1. The summed E-state index contributed by atoms with van der Waals surface area (Å²) < 4.78 is 15.0. The lowest BCUT2D eigenvalue weighted by Crippen LogP contribution is -1.97. The maximum Gasteiger partial charge on any atom is 0.222 e. The van der Waals surface area contributed by atoms with Gasteiger partial charge < -0.3 is 0 Å². The fourth-order valence-corrected chi connectivity index (χ4v) is 1.75. The van der Waals surface area contributed by atoms with Gasteiger partial charge in [-0.15, -0.1) is 0 Å². The number of halogens is 2. The molecule has 3 nitrogen and oxygen atoms in total. The topological polar surface area (TPSA) is 30.7 Å². The number of nitrogens with zero attached hydrogens (tertiary/aromatic N) is 3. The van der Waals surface area contributed by atoms with E-state index in [4.69, 9.17) is 11.6 Å². The summed E-state index contributed by atoms with van der Waals surface area (Å²) in [5.74, 6) is -0.539. The van der Waals surface area contributed by atoms with E-state index < -0.39 is 5.95 Å². The van der Waals surface area contributed by atoms with Crippen LogP contribution in [0.5, 0.6) is 0 Å². The first-order valence-corrected chi connectivity index (χ1v) is 4.79. The highest BCUT2D eigenvalue weighted by molar-refractivity contribution is 6.33. The standard InChI is InChI=1S/C10H9ClFN3/c1-6-8(11)9(15(2)14-6)7-4-3-5-13-10(7)12/h3-5H,1-2H3. The summed E-state index contributed by atoms with van der Waals surface area (Å²) in [6.07, 6.45) is 1.40. The van der Waals surface area contributed by atoms with Gasteiger partial charge in [0.15, 0.2) is 0 Å². The Labute approximate surface area is 91.5 Å². The van der Waals surface area contributed by atoms with E-state index in [1.54, 1.807) is 30.8 Å². The number of pyridine rings is 1. The molecule has 0 N–H and O–H groups in total. The highest BCUT2D eigenvalue weighted by Gasteiger charge is 2.16. The van der Waals surface area contributed by atoms with Gasteiger partial charge >= 0.3 is 0 Å². The van der Waals surface area contributed by atoms with Crippen molar-refractivity contribution in [3.63, 3.8) is 0 Å². The first-order valence-electron chi connectivity index (χ1n) is 4.41. The second-order valence-electron chi connectivity index (χ2n) is 3.21. The van der Waals surface area contributed by atoms with E-state index in [0.29, 0.717) is 22.0 Å². The molecule has 0 aliphatic heterocycles. The first kappa shape index (κ1) is 10.1. The molecule has 2 rings (SSSR count).